The number of hydrogen-bond acceptors (Lipinski definition) is 6. The fraction of sp³-hybridized carbons (Fsp3) is 0.300. The van der Waals surface area contributed by atoms with E-state index in [4.69, 9.17) is 15.2 Å². The lowest BCUT2D eigenvalue weighted by Gasteiger charge is -2.08. The number of rotatable bonds is 8. The highest BCUT2D eigenvalue weighted by Crippen LogP contribution is 2.27. The molecule has 0 unspecified atom stereocenters. The molecule has 1 aromatic carbocycles. The molecule has 0 atom stereocenters. The van der Waals surface area contributed by atoms with Crippen LogP contribution in [0.3, 0.4) is 0 Å². The molecule has 0 fully saturated rings. The van der Waals surface area contributed by atoms with Crippen LogP contribution in [-0.4, -0.2) is 39.8 Å². The molecule has 2 amide bonds. The summed E-state index contributed by atoms with van der Waals surface area (Å²) in [5.74, 6) is 0.221. The van der Waals surface area contributed by atoms with Gasteiger partial charge in [0.2, 0.25) is 11.8 Å². The van der Waals surface area contributed by atoms with Crippen molar-refractivity contribution in [1.29, 1.82) is 0 Å². The molecule has 3 N–H and O–H groups in total. The van der Waals surface area contributed by atoms with Gasteiger partial charge >= 0.3 is 0 Å². The molecule has 9 heteroatoms. The first-order valence-electron chi connectivity index (χ1n) is 9.08. The number of pyridine rings is 1. The number of aryl methyl sites for hydroxylation is 3. The Morgan fingerprint density at radius 3 is 2.59 bits per heavy atom. The second-order valence-electron chi connectivity index (χ2n) is 6.63. The zero-order valence-corrected chi connectivity index (χ0v) is 16.6. The summed E-state index contributed by atoms with van der Waals surface area (Å²) >= 11 is 0. The molecule has 2 heterocycles. The number of carbonyl (C=O) groups is 2. The largest absolute Gasteiger partial charge is 0.493 e. The van der Waals surface area contributed by atoms with E-state index in [0.29, 0.717) is 23.0 Å². The van der Waals surface area contributed by atoms with Crippen LogP contribution in [0.5, 0.6) is 11.6 Å². The van der Waals surface area contributed by atoms with Crippen molar-refractivity contribution in [2.45, 2.75) is 20.3 Å². The minimum atomic E-state index is -0.421. The number of anilines is 1. The standard InChI is InChI=1S/C20H23N5O4/c1-12-10-13(2)22-19-18(12)20(24-25(19)3)29-11-17(27)23-14-4-6-15(7-5-14)28-9-8-16(21)26/h4-7,10H,8-9,11H2,1-3H3,(H2,21,26)(H,23,27). The van der Waals surface area contributed by atoms with Crippen molar-refractivity contribution in [1.82, 2.24) is 14.8 Å². The van der Waals surface area contributed by atoms with Gasteiger partial charge < -0.3 is 20.5 Å². The summed E-state index contributed by atoms with van der Waals surface area (Å²) in [7, 11) is 1.79. The first kappa shape index (κ1) is 20.1. The smallest absolute Gasteiger partial charge is 0.262 e. The molecule has 0 spiro atoms. The van der Waals surface area contributed by atoms with Crippen molar-refractivity contribution in [2.24, 2.45) is 12.8 Å². The molecule has 152 valence electrons. The van der Waals surface area contributed by atoms with Gasteiger partial charge in [0.15, 0.2) is 12.3 Å². The third-order valence-electron chi connectivity index (χ3n) is 4.18. The predicted octanol–water partition coefficient (Wildman–Crippen LogP) is 1.86. The van der Waals surface area contributed by atoms with Crippen molar-refractivity contribution >= 4 is 28.5 Å². The fourth-order valence-corrected chi connectivity index (χ4v) is 2.89. The highest BCUT2D eigenvalue weighted by Gasteiger charge is 2.15. The number of benzene rings is 1. The molecular formula is C20H23N5O4. The molecule has 3 rings (SSSR count). The number of ether oxygens (including phenoxy) is 2. The first-order valence-corrected chi connectivity index (χ1v) is 9.08. The van der Waals surface area contributed by atoms with Gasteiger partial charge in [0.25, 0.3) is 5.91 Å². The maximum absolute atomic E-state index is 12.2. The molecule has 0 saturated heterocycles. The second kappa shape index (κ2) is 8.59. The normalized spacial score (nSPS) is 10.7. The number of carbonyl (C=O) groups excluding carboxylic acids is 2. The molecule has 3 aromatic rings. The Bertz CT molecular complexity index is 1040. The van der Waals surface area contributed by atoms with Crippen LogP contribution >= 0.6 is 0 Å². The third kappa shape index (κ3) is 5.01. The molecule has 0 aliphatic heterocycles. The molecule has 29 heavy (non-hydrogen) atoms. The maximum atomic E-state index is 12.2. The average Bonchev–Trinajstić information content (AvgIpc) is 2.97. The summed E-state index contributed by atoms with van der Waals surface area (Å²) in [5, 5.41) is 7.87. The highest BCUT2D eigenvalue weighted by molar-refractivity contribution is 5.92. The average molecular weight is 397 g/mol. The lowest BCUT2D eigenvalue weighted by Crippen LogP contribution is -2.20. The van der Waals surface area contributed by atoms with Crippen LogP contribution in [0.25, 0.3) is 11.0 Å². The summed E-state index contributed by atoms with van der Waals surface area (Å²) < 4.78 is 12.7. The van der Waals surface area contributed by atoms with E-state index in [1.807, 2.05) is 19.9 Å². The van der Waals surface area contributed by atoms with Crippen LogP contribution in [0, 0.1) is 13.8 Å². The van der Waals surface area contributed by atoms with Gasteiger partial charge in [0, 0.05) is 18.4 Å². The first-order chi connectivity index (χ1) is 13.8. The third-order valence-corrected chi connectivity index (χ3v) is 4.18. The molecule has 2 aromatic heterocycles. The van der Waals surface area contributed by atoms with Gasteiger partial charge in [-0.3, -0.25) is 9.59 Å². The number of hydrogen-bond donors (Lipinski definition) is 2. The van der Waals surface area contributed by atoms with E-state index in [1.54, 1.807) is 36.0 Å². The Morgan fingerprint density at radius 2 is 1.90 bits per heavy atom. The van der Waals surface area contributed by atoms with Crippen LogP contribution in [0.1, 0.15) is 17.7 Å². The number of amides is 2. The van der Waals surface area contributed by atoms with Gasteiger partial charge in [-0.25, -0.2) is 9.67 Å². The number of nitrogens with zero attached hydrogens (tertiary/aromatic N) is 3. The zero-order chi connectivity index (χ0) is 21.0. The summed E-state index contributed by atoms with van der Waals surface area (Å²) in [5.41, 5.74) is 8.26. The Balaban J connectivity index is 1.58. The Hall–Kier alpha value is -3.62. The predicted molar refractivity (Wildman–Crippen MR) is 108 cm³/mol. The molecule has 0 saturated carbocycles. The second-order valence-corrected chi connectivity index (χ2v) is 6.63. The van der Waals surface area contributed by atoms with Crippen molar-refractivity contribution in [3.05, 3.63) is 41.6 Å². The SMILES string of the molecule is Cc1cc(C)c2c(OCC(=O)Nc3ccc(OCCC(N)=O)cc3)nn(C)c2n1. The molecule has 9 nitrogen and oxygen atoms in total. The number of aromatic nitrogens is 3. The summed E-state index contributed by atoms with van der Waals surface area (Å²) in [6.45, 7) is 3.90. The molecule has 0 aliphatic carbocycles. The zero-order valence-electron chi connectivity index (χ0n) is 16.6. The minimum Gasteiger partial charge on any atom is -0.493 e. The van der Waals surface area contributed by atoms with Crippen LogP contribution in [0.4, 0.5) is 5.69 Å². The topological polar surface area (TPSA) is 121 Å². The lowest BCUT2D eigenvalue weighted by atomic mass is 10.2. The highest BCUT2D eigenvalue weighted by atomic mass is 16.5. The molecule has 0 bridgehead atoms. The van der Waals surface area contributed by atoms with Crippen molar-refractivity contribution in [2.75, 3.05) is 18.5 Å². The quantitative estimate of drug-likeness (QED) is 0.598. The summed E-state index contributed by atoms with van der Waals surface area (Å²) in [6.07, 6.45) is 0.145. The van der Waals surface area contributed by atoms with Gasteiger partial charge in [-0.1, -0.05) is 0 Å². The van der Waals surface area contributed by atoms with E-state index in [9.17, 15) is 9.59 Å². The van der Waals surface area contributed by atoms with Crippen molar-refractivity contribution < 1.29 is 19.1 Å². The van der Waals surface area contributed by atoms with Gasteiger partial charge in [0.05, 0.1) is 18.4 Å². The summed E-state index contributed by atoms with van der Waals surface area (Å²) in [4.78, 5) is 27.4. The van der Waals surface area contributed by atoms with E-state index >= 15 is 0 Å². The van der Waals surface area contributed by atoms with E-state index in [0.717, 1.165) is 16.6 Å². The minimum absolute atomic E-state index is 0.145. The fourth-order valence-electron chi connectivity index (χ4n) is 2.89. The Labute approximate surface area is 167 Å². The molecule has 0 radical (unpaired) electrons. The monoisotopic (exact) mass is 397 g/mol. The van der Waals surface area contributed by atoms with Crippen LogP contribution in [-0.2, 0) is 16.6 Å². The van der Waals surface area contributed by atoms with Gasteiger partial charge in [0.1, 0.15) is 5.75 Å². The van der Waals surface area contributed by atoms with Crippen molar-refractivity contribution in [3.63, 3.8) is 0 Å². The summed E-state index contributed by atoms with van der Waals surface area (Å²) in [6, 6.07) is 8.74. The van der Waals surface area contributed by atoms with Crippen LogP contribution < -0.4 is 20.5 Å². The van der Waals surface area contributed by atoms with Crippen molar-refractivity contribution in [3.8, 4) is 11.6 Å². The van der Waals surface area contributed by atoms with Gasteiger partial charge in [-0.2, -0.15) is 0 Å². The number of fused-ring (bicyclic) bond motifs is 1. The van der Waals surface area contributed by atoms with E-state index in [2.05, 4.69) is 15.4 Å². The van der Waals surface area contributed by atoms with Gasteiger partial charge in [-0.05, 0) is 49.7 Å². The lowest BCUT2D eigenvalue weighted by molar-refractivity contribution is -0.119. The number of primary amides is 1. The van der Waals surface area contributed by atoms with E-state index < -0.39 is 5.91 Å². The van der Waals surface area contributed by atoms with E-state index in [1.165, 1.54) is 0 Å². The molecule has 0 aliphatic rings. The Kier molecular flexibility index (Phi) is 5.96. The number of nitrogens with two attached hydrogens (primary N) is 1. The van der Waals surface area contributed by atoms with Gasteiger partial charge in [-0.15, -0.1) is 5.10 Å². The maximum Gasteiger partial charge on any atom is 0.262 e. The molecular weight excluding hydrogens is 374 g/mol. The van der Waals surface area contributed by atoms with Crippen LogP contribution in [0.2, 0.25) is 0 Å². The number of nitrogens with one attached hydrogen (secondary N) is 1. The Morgan fingerprint density at radius 1 is 1.17 bits per heavy atom. The van der Waals surface area contributed by atoms with Crippen LogP contribution in [0.15, 0.2) is 30.3 Å². The van der Waals surface area contributed by atoms with E-state index in [-0.39, 0.29) is 25.5 Å².